The average Bonchev–Trinajstić information content (AvgIpc) is 2.77. The smallest absolute Gasteiger partial charge is 0.156 e. The molecule has 3 rings (SSSR count). The van der Waals surface area contributed by atoms with Crippen LogP contribution in [0.1, 0.15) is 5.56 Å². The van der Waals surface area contributed by atoms with E-state index in [0.29, 0.717) is 12.5 Å². The number of rotatable bonds is 1. The van der Waals surface area contributed by atoms with E-state index in [9.17, 15) is 0 Å². The van der Waals surface area contributed by atoms with E-state index < -0.39 is 0 Å². The standard InChI is InChI=1S/C11H11N3O/c1-2-4-8(5-3-1)10-12-6-9-7-15-14-11(9)13-10/h1-5,9H,6-7H2,(H,12,13,14). The minimum absolute atomic E-state index is 0.317. The van der Waals surface area contributed by atoms with Crippen LogP contribution in [-0.4, -0.2) is 24.8 Å². The second-order valence-corrected chi connectivity index (χ2v) is 3.64. The van der Waals surface area contributed by atoms with Crippen LogP contribution in [0.25, 0.3) is 0 Å². The number of amidine groups is 2. The van der Waals surface area contributed by atoms with E-state index in [4.69, 9.17) is 4.84 Å². The minimum atomic E-state index is 0.317. The van der Waals surface area contributed by atoms with Gasteiger partial charge in [-0.3, -0.25) is 15.3 Å². The van der Waals surface area contributed by atoms with Gasteiger partial charge in [-0.2, -0.15) is 0 Å². The predicted octanol–water partition coefficient (Wildman–Crippen LogP) is 0.996. The van der Waals surface area contributed by atoms with Crippen molar-refractivity contribution in [1.82, 2.24) is 5.48 Å². The summed E-state index contributed by atoms with van der Waals surface area (Å²) in [6.07, 6.45) is 0. The van der Waals surface area contributed by atoms with Crippen molar-refractivity contribution in [3.63, 3.8) is 0 Å². The lowest BCUT2D eigenvalue weighted by atomic mass is 10.1. The number of nitrogens with one attached hydrogen (secondary N) is 1. The van der Waals surface area contributed by atoms with Crippen LogP contribution in [0.4, 0.5) is 0 Å². The van der Waals surface area contributed by atoms with Gasteiger partial charge in [0.2, 0.25) is 0 Å². The topological polar surface area (TPSA) is 46.0 Å². The Bertz CT molecular complexity index is 425. The van der Waals surface area contributed by atoms with Crippen LogP contribution in [0.15, 0.2) is 40.3 Å². The first-order valence-corrected chi connectivity index (χ1v) is 5.00. The molecule has 0 radical (unpaired) electrons. The maximum Gasteiger partial charge on any atom is 0.156 e. The van der Waals surface area contributed by atoms with Crippen LogP contribution in [0.5, 0.6) is 0 Å². The quantitative estimate of drug-likeness (QED) is 0.736. The molecule has 0 aliphatic carbocycles. The Morgan fingerprint density at radius 3 is 3.00 bits per heavy atom. The lowest BCUT2D eigenvalue weighted by molar-refractivity contribution is 0.111. The average molecular weight is 201 g/mol. The maximum absolute atomic E-state index is 5.12. The van der Waals surface area contributed by atoms with Gasteiger partial charge in [0, 0.05) is 5.56 Å². The van der Waals surface area contributed by atoms with Crippen molar-refractivity contribution >= 4 is 11.7 Å². The zero-order valence-corrected chi connectivity index (χ0v) is 8.18. The number of nitrogens with zero attached hydrogens (tertiary/aromatic N) is 2. The molecule has 0 spiro atoms. The summed E-state index contributed by atoms with van der Waals surface area (Å²) in [4.78, 5) is 14.0. The SMILES string of the molecule is c1ccc(C2=NCC3CONC3=N2)cc1. The fourth-order valence-electron chi connectivity index (χ4n) is 1.72. The number of aliphatic imine (C=N–C) groups is 2. The van der Waals surface area contributed by atoms with Gasteiger partial charge in [-0.05, 0) is 0 Å². The van der Waals surface area contributed by atoms with Gasteiger partial charge in [0.05, 0.1) is 19.1 Å². The normalized spacial score (nSPS) is 23.9. The van der Waals surface area contributed by atoms with Gasteiger partial charge in [0.15, 0.2) is 5.84 Å². The van der Waals surface area contributed by atoms with E-state index >= 15 is 0 Å². The van der Waals surface area contributed by atoms with E-state index in [1.165, 1.54) is 0 Å². The van der Waals surface area contributed by atoms with E-state index in [-0.39, 0.29) is 0 Å². The van der Waals surface area contributed by atoms with Crippen molar-refractivity contribution in [3.05, 3.63) is 35.9 Å². The Kier molecular flexibility index (Phi) is 1.99. The van der Waals surface area contributed by atoms with Crippen molar-refractivity contribution in [2.45, 2.75) is 0 Å². The van der Waals surface area contributed by atoms with Gasteiger partial charge in [0.25, 0.3) is 0 Å². The highest BCUT2D eigenvalue weighted by Gasteiger charge is 2.26. The molecule has 2 aliphatic rings. The Labute approximate surface area is 87.7 Å². The summed E-state index contributed by atoms with van der Waals surface area (Å²) in [5.41, 5.74) is 3.88. The van der Waals surface area contributed by atoms with Crippen LogP contribution < -0.4 is 5.48 Å². The Morgan fingerprint density at radius 2 is 2.13 bits per heavy atom. The second kappa shape index (κ2) is 3.47. The zero-order valence-electron chi connectivity index (χ0n) is 8.18. The largest absolute Gasteiger partial charge is 0.274 e. The Hall–Kier alpha value is -1.68. The highest BCUT2D eigenvalue weighted by Crippen LogP contribution is 2.14. The minimum Gasteiger partial charge on any atom is -0.274 e. The number of benzene rings is 1. The van der Waals surface area contributed by atoms with Gasteiger partial charge in [-0.25, -0.2) is 4.99 Å². The Morgan fingerprint density at radius 1 is 1.27 bits per heavy atom. The first kappa shape index (κ1) is 8.61. The molecule has 2 heterocycles. The second-order valence-electron chi connectivity index (χ2n) is 3.64. The van der Waals surface area contributed by atoms with Gasteiger partial charge in [0.1, 0.15) is 5.84 Å². The van der Waals surface area contributed by atoms with Crippen LogP contribution in [0.3, 0.4) is 0 Å². The lowest BCUT2D eigenvalue weighted by Crippen LogP contribution is -2.27. The third kappa shape index (κ3) is 1.53. The molecule has 1 aromatic carbocycles. The molecule has 1 N–H and O–H groups in total. The number of hydrogen-bond donors (Lipinski definition) is 1. The molecule has 76 valence electrons. The van der Waals surface area contributed by atoms with Crippen molar-refractivity contribution in [3.8, 4) is 0 Å². The molecule has 0 aromatic heterocycles. The van der Waals surface area contributed by atoms with E-state index in [2.05, 4.69) is 15.5 Å². The number of fused-ring (bicyclic) bond motifs is 1. The van der Waals surface area contributed by atoms with Crippen molar-refractivity contribution in [2.24, 2.45) is 15.9 Å². The Balaban J connectivity index is 1.93. The van der Waals surface area contributed by atoms with Crippen LogP contribution in [0, 0.1) is 5.92 Å². The molecular formula is C11H11N3O. The van der Waals surface area contributed by atoms with Gasteiger partial charge in [-0.1, -0.05) is 30.3 Å². The van der Waals surface area contributed by atoms with Crippen molar-refractivity contribution < 1.29 is 4.84 Å². The monoisotopic (exact) mass is 201 g/mol. The first-order chi connectivity index (χ1) is 7.43. The summed E-state index contributed by atoms with van der Waals surface area (Å²) in [5, 5.41) is 0. The van der Waals surface area contributed by atoms with E-state index in [0.717, 1.165) is 23.8 Å². The summed E-state index contributed by atoms with van der Waals surface area (Å²) >= 11 is 0. The summed E-state index contributed by atoms with van der Waals surface area (Å²) in [6.45, 7) is 1.43. The predicted molar refractivity (Wildman–Crippen MR) is 57.9 cm³/mol. The van der Waals surface area contributed by atoms with Gasteiger partial charge >= 0.3 is 0 Å². The number of hydroxylamine groups is 1. The summed E-state index contributed by atoms with van der Waals surface area (Å²) in [7, 11) is 0. The van der Waals surface area contributed by atoms with Crippen LogP contribution >= 0.6 is 0 Å². The molecule has 1 saturated heterocycles. The third-order valence-electron chi connectivity index (χ3n) is 2.57. The molecule has 1 aromatic rings. The molecule has 1 fully saturated rings. The van der Waals surface area contributed by atoms with E-state index in [1.54, 1.807) is 0 Å². The molecule has 0 saturated carbocycles. The molecule has 4 nitrogen and oxygen atoms in total. The molecule has 4 heteroatoms. The molecule has 1 unspecified atom stereocenters. The lowest BCUT2D eigenvalue weighted by Gasteiger charge is -2.12. The third-order valence-corrected chi connectivity index (χ3v) is 2.57. The molecule has 2 aliphatic heterocycles. The summed E-state index contributed by atoms with van der Waals surface area (Å²) in [6, 6.07) is 9.99. The van der Waals surface area contributed by atoms with Crippen LogP contribution in [-0.2, 0) is 4.84 Å². The maximum atomic E-state index is 5.12. The highest BCUT2D eigenvalue weighted by atomic mass is 16.7. The van der Waals surface area contributed by atoms with E-state index in [1.807, 2.05) is 30.3 Å². The zero-order chi connectivity index (χ0) is 10.1. The highest BCUT2D eigenvalue weighted by molar-refractivity contribution is 6.08. The first-order valence-electron chi connectivity index (χ1n) is 5.00. The van der Waals surface area contributed by atoms with Gasteiger partial charge < -0.3 is 0 Å². The van der Waals surface area contributed by atoms with Crippen molar-refractivity contribution in [2.75, 3.05) is 13.2 Å². The summed E-state index contributed by atoms with van der Waals surface area (Å²) in [5.74, 6) is 2.01. The van der Waals surface area contributed by atoms with Crippen molar-refractivity contribution in [1.29, 1.82) is 0 Å². The fourth-order valence-corrected chi connectivity index (χ4v) is 1.72. The molecule has 15 heavy (non-hydrogen) atoms. The van der Waals surface area contributed by atoms with Gasteiger partial charge in [-0.15, -0.1) is 0 Å². The van der Waals surface area contributed by atoms with Crippen LogP contribution in [0.2, 0.25) is 0 Å². The number of hydrogen-bond acceptors (Lipinski definition) is 4. The summed E-state index contributed by atoms with van der Waals surface area (Å²) < 4.78 is 0. The molecule has 1 atom stereocenters. The molecule has 0 amide bonds. The fraction of sp³-hybridized carbons (Fsp3) is 0.273. The molecular weight excluding hydrogens is 190 g/mol. The molecule has 0 bridgehead atoms.